The number of hydrogen-bond acceptors (Lipinski definition) is 4. The molecular weight excluding hydrogens is 402 g/mol. The number of fused-ring (bicyclic) bond motifs is 1. The molecule has 1 heterocycles. The van der Waals surface area contributed by atoms with Crippen molar-refractivity contribution in [2.75, 3.05) is 22.5 Å². The van der Waals surface area contributed by atoms with Gasteiger partial charge in [-0.1, -0.05) is 0 Å². The van der Waals surface area contributed by atoms with Crippen molar-refractivity contribution in [1.29, 1.82) is 0 Å². The van der Waals surface area contributed by atoms with Gasteiger partial charge in [0.25, 0.3) is 0 Å². The van der Waals surface area contributed by atoms with E-state index in [1.54, 1.807) is 17.0 Å². The molecule has 0 aromatic heterocycles. The molecule has 2 aromatic rings. The van der Waals surface area contributed by atoms with Crippen LogP contribution < -0.4 is 10.2 Å². The maximum atomic E-state index is 13.2. The Kier molecular flexibility index (Phi) is 5.97. The average molecular weight is 422 g/mol. The highest BCUT2D eigenvalue weighted by Gasteiger charge is 2.23. The van der Waals surface area contributed by atoms with Gasteiger partial charge in [-0.15, -0.1) is 0 Å². The lowest BCUT2D eigenvalue weighted by molar-refractivity contribution is -0.117. The Hall–Kier alpha value is -2.81. The minimum absolute atomic E-state index is 0.0457. The normalized spacial score (nSPS) is 13.7. The van der Waals surface area contributed by atoms with Gasteiger partial charge in [-0.25, -0.2) is 17.2 Å². The topological polar surface area (TPSA) is 83.6 Å². The fourth-order valence-corrected chi connectivity index (χ4v) is 4.52. The van der Waals surface area contributed by atoms with Gasteiger partial charge in [0.05, 0.1) is 10.6 Å². The van der Waals surface area contributed by atoms with Crippen molar-refractivity contribution in [2.24, 2.45) is 0 Å². The van der Waals surface area contributed by atoms with Crippen molar-refractivity contribution in [3.8, 4) is 0 Å². The zero-order valence-corrected chi connectivity index (χ0v) is 16.6. The van der Waals surface area contributed by atoms with Gasteiger partial charge in [0, 0.05) is 37.3 Å². The summed E-state index contributed by atoms with van der Waals surface area (Å²) in [7, 11) is -3.73. The number of anilines is 2. The maximum absolute atomic E-state index is 13.2. The third kappa shape index (κ3) is 4.79. The quantitative estimate of drug-likeness (QED) is 0.803. The van der Waals surface area contributed by atoms with Crippen LogP contribution in [0.15, 0.2) is 41.3 Å². The standard InChI is InChI=1S/C20H20F2N2O4S/c1-13(25)24-9-2-3-14-11-16(5-7-19(14)24)29(27,28)10-8-20(26)23-15-4-6-17(21)18(22)12-15/h4-7,11-12H,2-3,8-10H2,1H3,(H,23,26). The Labute approximate surface area is 167 Å². The number of rotatable bonds is 5. The van der Waals surface area contributed by atoms with E-state index in [4.69, 9.17) is 0 Å². The van der Waals surface area contributed by atoms with Crippen LogP contribution in [-0.4, -0.2) is 32.5 Å². The van der Waals surface area contributed by atoms with E-state index in [-0.39, 0.29) is 22.9 Å². The average Bonchev–Trinajstić information content (AvgIpc) is 2.68. The third-order valence-corrected chi connectivity index (χ3v) is 6.42. The van der Waals surface area contributed by atoms with Crippen LogP contribution in [-0.2, 0) is 25.8 Å². The van der Waals surface area contributed by atoms with Gasteiger partial charge in [0.1, 0.15) is 0 Å². The van der Waals surface area contributed by atoms with Crippen LogP contribution in [0.4, 0.5) is 20.2 Å². The van der Waals surface area contributed by atoms with Gasteiger partial charge in [-0.2, -0.15) is 0 Å². The van der Waals surface area contributed by atoms with Crippen molar-refractivity contribution in [3.05, 3.63) is 53.6 Å². The van der Waals surface area contributed by atoms with Crippen molar-refractivity contribution in [3.63, 3.8) is 0 Å². The van der Waals surface area contributed by atoms with Crippen LogP contribution in [0.1, 0.15) is 25.3 Å². The van der Waals surface area contributed by atoms with Crippen LogP contribution >= 0.6 is 0 Å². The molecule has 0 radical (unpaired) electrons. The minimum atomic E-state index is -3.73. The largest absolute Gasteiger partial charge is 0.326 e. The summed E-state index contributed by atoms with van der Waals surface area (Å²) < 4.78 is 51.4. The van der Waals surface area contributed by atoms with E-state index in [0.29, 0.717) is 18.7 Å². The molecule has 1 N–H and O–H groups in total. The molecule has 0 bridgehead atoms. The molecule has 0 fully saturated rings. The molecule has 0 atom stereocenters. The molecule has 1 aliphatic rings. The number of benzene rings is 2. The van der Waals surface area contributed by atoms with Crippen LogP contribution in [0.2, 0.25) is 0 Å². The highest BCUT2D eigenvalue weighted by Crippen LogP contribution is 2.30. The molecule has 3 rings (SSSR count). The second kappa shape index (κ2) is 8.28. The van der Waals surface area contributed by atoms with E-state index in [1.165, 1.54) is 19.1 Å². The van der Waals surface area contributed by atoms with Crippen LogP contribution in [0.25, 0.3) is 0 Å². The second-order valence-electron chi connectivity index (χ2n) is 6.81. The molecule has 29 heavy (non-hydrogen) atoms. The summed E-state index contributed by atoms with van der Waals surface area (Å²) in [6.45, 7) is 2.06. The molecule has 9 heteroatoms. The summed E-state index contributed by atoms with van der Waals surface area (Å²) >= 11 is 0. The molecule has 0 saturated carbocycles. The number of nitrogens with one attached hydrogen (secondary N) is 1. The Morgan fingerprint density at radius 3 is 2.55 bits per heavy atom. The van der Waals surface area contributed by atoms with Crippen LogP contribution in [0, 0.1) is 11.6 Å². The first-order valence-electron chi connectivity index (χ1n) is 9.06. The summed E-state index contributed by atoms with van der Waals surface area (Å²) in [5.41, 5.74) is 1.53. The Balaban J connectivity index is 1.68. The Morgan fingerprint density at radius 1 is 1.10 bits per heavy atom. The van der Waals surface area contributed by atoms with Crippen molar-refractivity contribution in [2.45, 2.75) is 31.1 Å². The molecule has 0 saturated heterocycles. The first kappa shape index (κ1) is 20.9. The van der Waals surface area contributed by atoms with E-state index >= 15 is 0 Å². The summed E-state index contributed by atoms with van der Waals surface area (Å²) in [6, 6.07) is 7.49. The van der Waals surface area contributed by atoms with E-state index in [0.717, 1.165) is 24.1 Å². The van der Waals surface area contributed by atoms with Crippen LogP contribution in [0.5, 0.6) is 0 Å². The molecule has 6 nitrogen and oxygen atoms in total. The van der Waals surface area contributed by atoms with Gasteiger partial charge in [-0.3, -0.25) is 9.59 Å². The van der Waals surface area contributed by atoms with E-state index < -0.39 is 33.1 Å². The summed E-state index contributed by atoms with van der Waals surface area (Å²) in [5.74, 6) is -3.31. The zero-order chi connectivity index (χ0) is 21.2. The lowest BCUT2D eigenvalue weighted by Gasteiger charge is -2.28. The molecular formula is C20H20F2N2O4S. The monoisotopic (exact) mass is 422 g/mol. The van der Waals surface area contributed by atoms with Gasteiger partial charge in [0.2, 0.25) is 11.8 Å². The molecule has 0 unspecified atom stereocenters. The number of carbonyl (C=O) groups excluding carboxylic acids is 2. The lowest BCUT2D eigenvalue weighted by Crippen LogP contribution is -2.33. The number of aryl methyl sites for hydroxylation is 1. The van der Waals surface area contributed by atoms with E-state index in [2.05, 4.69) is 5.32 Å². The minimum Gasteiger partial charge on any atom is -0.326 e. The number of carbonyl (C=O) groups is 2. The fourth-order valence-electron chi connectivity index (χ4n) is 3.24. The molecule has 0 aliphatic carbocycles. The zero-order valence-electron chi connectivity index (χ0n) is 15.7. The number of halogens is 2. The van der Waals surface area contributed by atoms with Gasteiger partial charge in [0.15, 0.2) is 21.5 Å². The van der Waals surface area contributed by atoms with Gasteiger partial charge in [-0.05, 0) is 48.7 Å². The predicted octanol–water partition coefficient (Wildman–Crippen LogP) is 3.07. The van der Waals surface area contributed by atoms with Gasteiger partial charge >= 0.3 is 0 Å². The summed E-state index contributed by atoms with van der Waals surface area (Å²) in [5, 5.41) is 2.35. The number of amides is 2. The number of nitrogens with zero attached hydrogens (tertiary/aromatic N) is 1. The third-order valence-electron chi connectivity index (χ3n) is 4.71. The first-order chi connectivity index (χ1) is 13.7. The highest BCUT2D eigenvalue weighted by atomic mass is 32.2. The molecule has 2 amide bonds. The predicted molar refractivity (Wildman–Crippen MR) is 104 cm³/mol. The lowest BCUT2D eigenvalue weighted by atomic mass is 10.0. The molecule has 1 aliphatic heterocycles. The molecule has 2 aromatic carbocycles. The maximum Gasteiger partial charge on any atom is 0.225 e. The SMILES string of the molecule is CC(=O)N1CCCc2cc(S(=O)(=O)CCC(=O)Nc3ccc(F)c(F)c3)ccc21. The highest BCUT2D eigenvalue weighted by molar-refractivity contribution is 7.91. The summed E-state index contributed by atoms with van der Waals surface area (Å²) in [4.78, 5) is 25.4. The number of sulfone groups is 1. The molecule has 154 valence electrons. The van der Waals surface area contributed by atoms with Crippen LogP contribution in [0.3, 0.4) is 0 Å². The van der Waals surface area contributed by atoms with Crippen molar-refractivity contribution < 1.29 is 26.8 Å². The fraction of sp³-hybridized carbons (Fsp3) is 0.300. The smallest absolute Gasteiger partial charge is 0.225 e. The number of hydrogen-bond donors (Lipinski definition) is 1. The van der Waals surface area contributed by atoms with Gasteiger partial charge < -0.3 is 10.2 Å². The molecule has 0 spiro atoms. The second-order valence-corrected chi connectivity index (χ2v) is 8.92. The summed E-state index contributed by atoms with van der Waals surface area (Å²) in [6.07, 6.45) is 1.07. The van der Waals surface area contributed by atoms with E-state index in [1.807, 2.05) is 0 Å². The van der Waals surface area contributed by atoms with Crippen molar-refractivity contribution in [1.82, 2.24) is 0 Å². The van der Waals surface area contributed by atoms with Crippen molar-refractivity contribution >= 4 is 33.0 Å². The Morgan fingerprint density at radius 2 is 1.86 bits per heavy atom. The van der Waals surface area contributed by atoms with E-state index in [9.17, 15) is 26.8 Å². The Bertz CT molecular complexity index is 1070. The first-order valence-corrected chi connectivity index (χ1v) is 10.7.